The number of aromatic carboxylic acids is 1. The Labute approximate surface area is 135 Å². The first-order valence-corrected chi connectivity index (χ1v) is 7.16. The monoisotopic (exact) mass is 328 g/mol. The number of carbonyl (C=O) groups is 2. The Morgan fingerprint density at radius 1 is 1.29 bits per heavy atom. The molecule has 0 bridgehead atoms. The average molecular weight is 328 g/mol. The topological polar surface area (TPSA) is 97.1 Å². The number of carbonyl (C=O) groups excluding carboxylic acids is 1. The summed E-state index contributed by atoms with van der Waals surface area (Å²) in [5.41, 5.74) is 1.18. The second-order valence-electron chi connectivity index (χ2n) is 5.00. The number of imidazole rings is 1. The molecule has 24 heavy (non-hydrogen) atoms. The molecule has 0 atom stereocenters. The first-order chi connectivity index (χ1) is 11.5. The van der Waals surface area contributed by atoms with E-state index in [0.29, 0.717) is 17.6 Å². The largest absolute Gasteiger partial charge is 0.477 e. The van der Waals surface area contributed by atoms with E-state index in [4.69, 9.17) is 5.11 Å². The number of pyridine rings is 1. The maximum atomic E-state index is 13.3. The van der Waals surface area contributed by atoms with Crippen LogP contribution in [0.5, 0.6) is 0 Å². The maximum absolute atomic E-state index is 13.3. The Balaban J connectivity index is 1.91. The zero-order valence-electron chi connectivity index (χ0n) is 12.7. The van der Waals surface area contributed by atoms with E-state index in [1.165, 1.54) is 30.5 Å². The second kappa shape index (κ2) is 6.07. The summed E-state index contributed by atoms with van der Waals surface area (Å²) < 4.78 is 15.1. The van der Waals surface area contributed by atoms with Crippen LogP contribution in [0.25, 0.3) is 11.0 Å². The highest BCUT2D eigenvalue weighted by atomic mass is 19.1. The van der Waals surface area contributed by atoms with Gasteiger partial charge in [0, 0.05) is 18.8 Å². The van der Waals surface area contributed by atoms with Gasteiger partial charge in [-0.2, -0.15) is 0 Å². The molecule has 0 saturated carbocycles. The molecular formula is C16H13FN4O3. The molecule has 2 N–H and O–H groups in total. The Hall–Kier alpha value is -3.29. The van der Waals surface area contributed by atoms with Crippen molar-refractivity contribution in [1.29, 1.82) is 0 Å². The number of amides is 1. The summed E-state index contributed by atoms with van der Waals surface area (Å²) in [7, 11) is 0. The molecule has 7 nitrogen and oxygen atoms in total. The number of aromatic nitrogens is 3. The standard InChI is InChI=1S/C16H13FN4O3/c1-2-21-13-6-4-10(17)7-12(13)19-16(21)20-14(22)9-3-5-11(15(23)24)18-8-9/h3-8H,2H2,1H3,(H,23,24)(H,19,20,22). The fourth-order valence-corrected chi connectivity index (χ4v) is 2.35. The third-order valence-electron chi connectivity index (χ3n) is 3.50. The van der Waals surface area contributed by atoms with Crippen LogP contribution in [0.2, 0.25) is 0 Å². The highest BCUT2D eigenvalue weighted by Crippen LogP contribution is 2.21. The van der Waals surface area contributed by atoms with Gasteiger partial charge in [-0.15, -0.1) is 0 Å². The van der Waals surface area contributed by atoms with Gasteiger partial charge < -0.3 is 9.67 Å². The normalized spacial score (nSPS) is 10.8. The molecular weight excluding hydrogens is 315 g/mol. The Kier molecular flexibility index (Phi) is 3.95. The van der Waals surface area contributed by atoms with Gasteiger partial charge in [-0.25, -0.2) is 19.2 Å². The van der Waals surface area contributed by atoms with Gasteiger partial charge in [0.1, 0.15) is 11.5 Å². The lowest BCUT2D eigenvalue weighted by molar-refractivity contribution is 0.0690. The van der Waals surface area contributed by atoms with Gasteiger partial charge in [0.15, 0.2) is 0 Å². The molecule has 1 aromatic carbocycles. The first-order valence-electron chi connectivity index (χ1n) is 7.16. The molecule has 2 aromatic heterocycles. The van der Waals surface area contributed by atoms with Gasteiger partial charge in [-0.3, -0.25) is 10.1 Å². The van der Waals surface area contributed by atoms with E-state index in [-0.39, 0.29) is 17.2 Å². The van der Waals surface area contributed by atoms with Gasteiger partial charge >= 0.3 is 5.97 Å². The summed E-state index contributed by atoms with van der Waals surface area (Å²) in [6.45, 7) is 2.41. The van der Waals surface area contributed by atoms with Gasteiger partial charge in [0.25, 0.3) is 5.91 Å². The van der Waals surface area contributed by atoms with Crippen LogP contribution in [0, 0.1) is 5.82 Å². The number of fused-ring (bicyclic) bond motifs is 1. The van der Waals surface area contributed by atoms with Crippen molar-refractivity contribution < 1.29 is 19.1 Å². The van der Waals surface area contributed by atoms with Crippen molar-refractivity contribution >= 4 is 28.9 Å². The molecule has 0 saturated heterocycles. The number of carboxylic acids is 1. The molecule has 3 aromatic rings. The summed E-state index contributed by atoms with van der Waals surface area (Å²) in [5.74, 6) is -1.78. The molecule has 0 aliphatic carbocycles. The number of nitrogens with zero attached hydrogens (tertiary/aromatic N) is 3. The van der Waals surface area contributed by atoms with Crippen LogP contribution in [0.15, 0.2) is 36.5 Å². The fraction of sp³-hybridized carbons (Fsp3) is 0.125. The number of nitrogens with one attached hydrogen (secondary N) is 1. The summed E-state index contributed by atoms with van der Waals surface area (Å²) in [6.07, 6.45) is 1.18. The number of anilines is 1. The van der Waals surface area contributed by atoms with Crippen LogP contribution in [-0.4, -0.2) is 31.5 Å². The van der Waals surface area contributed by atoms with Gasteiger partial charge in [0.05, 0.1) is 16.6 Å². The maximum Gasteiger partial charge on any atom is 0.354 e. The predicted molar refractivity (Wildman–Crippen MR) is 84.5 cm³/mol. The number of benzene rings is 1. The average Bonchev–Trinajstić information content (AvgIpc) is 2.90. The van der Waals surface area contributed by atoms with Crippen molar-refractivity contribution in [2.24, 2.45) is 0 Å². The number of carboxylic acid groups (broad SMARTS) is 1. The molecule has 3 rings (SSSR count). The lowest BCUT2D eigenvalue weighted by atomic mass is 10.2. The summed E-state index contributed by atoms with van der Waals surface area (Å²) in [5, 5.41) is 11.5. The van der Waals surface area contributed by atoms with E-state index in [1.54, 1.807) is 10.6 Å². The molecule has 0 fully saturated rings. The van der Waals surface area contributed by atoms with Crippen LogP contribution >= 0.6 is 0 Å². The van der Waals surface area contributed by atoms with Crippen molar-refractivity contribution in [2.45, 2.75) is 13.5 Å². The SMILES string of the molecule is CCn1c(NC(=O)c2ccc(C(=O)O)nc2)nc2cc(F)ccc21. The van der Waals surface area contributed by atoms with Crippen molar-refractivity contribution in [3.05, 3.63) is 53.6 Å². The smallest absolute Gasteiger partial charge is 0.354 e. The zero-order valence-corrected chi connectivity index (χ0v) is 12.7. The van der Waals surface area contributed by atoms with Gasteiger partial charge in [-0.05, 0) is 31.2 Å². The molecule has 0 aliphatic heterocycles. The molecule has 2 heterocycles. The zero-order chi connectivity index (χ0) is 17.3. The number of hydrogen-bond donors (Lipinski definition) is 2. The number of hydrogen-bond acceptors (Lipinski definition) is 4. The van der Waals surface area contributed by atoms with Crippen LogP contribution < -0.4 is 5.32 Å². The molecule has 0 unspecified atom stereocenters. The van der Waals surface area contributed by atoms with Crippen molar-refractivity contribution in [1.82, 2.24) is 14.5 Å². The molecule has 8 heteroatoms. The van der Waals surface area contributed by atoms with E-state index in [2.05, 4.69) is 15.3 Å². The minimum atomic E-state index is -1.17. The molecule has 0 radical (unpaired) electrons. The van der Waals surface area contributed by atoms with E-state index in [9.17, 15) is 14.0 Å². The Bertz CT molecular complexity index is 934. The first kappa shape index (κ1) is 15.6. The number of rotatable bonds is 4. The van der Waals surface area contributed by atoms with Crippen LogP contribution in [0.3, 0.4) is 0 Å². The third-order valence-corrected chi connectivity index (χ3v) is 3.50. The highest BCUT2D eigenvalue weighted by molar-refractivity contribution is 6.04. The summed E-state index contributed by atoms with van der Waals surface area (Å²) in [6, 6.07) is 6.83. The fourth-order valence-electron chi connectivity index (χ4n) is 2.35. The van der Waals surface area contributed by atoms with Crippen molar-refractivity contribution in [3.8, 4) is 0 Å². The van der Waals surface area contributed by atoms with Crippen LogP contribution in [0.1, 0.15) is 27.8 Å². The predicted octanol–water partition coefficient (Wildman–Crippen LogP) is 2.54. The third kappa shape index (κ3) is 2.81. The summed E-state index contributed by atoms with van der Waals surface area (Å²) >= 11 is 0. The second-order valence-corrected chi connectivity index (χ2v) is 5.00. The quantitative estimate of drug-likeness (QED) is 0.767. The number of aryl methyl sites for hydroxylation is 1. The summed E-state index contributed by atoms with van der Waals surface area (Å²) in [4.78, 5) is 31.0. The van der Waals surface area contributed by atoms with Crippen molar-refractivity contribution in [3.63, 3.8) is 0 Å². The molecule has 0 aliphatic rings. The van der Waals surface area contributed by atoms with E-state index in [0.717, 1.165) is 0 Å². The Morgan fingerprint density at radius 3 is 2.71 bits per heavy atom. The Morgan fingerprint density at radius 2 is 2.08 bits per heavy atom. The molecule has 1 amide bonds. The minimum Gasteiger partial charge on any atom is -0.477 e. The van der Waals surface area contributed by atoms with Gasteiger partial charge in [-0.1, -0.05) is 0 Å². The van der Waals surface area contributed by atoms with Crippen LogP contribution in [0.4, 0.5) is 10.3 Å². The minimum absolute atomic E-state index is 0.150. The lowest BCUT2D eigenvalue weighted by Crippen LogP contribution is -2.16. The van der Waals surface area contributed by atoms with Crippen molar-refractivity contribution in [2.75, 3.05) is 5.32 Å². The van der Waals surface area contributed by atoms with E-state index < -0.39 is 17.7 Å². The van der Waals surface area contributed by atoms with Crippen LogP contribution in [-0.2, 0) is 6.54 Å². The molecule has 0 spiro atoms. The van der Waals surface area contributed by atoms with Gasteiger partial charge in [0.2, 0.25) is 5.95 Å². The highest BCUT2D eigenvalue weighted by Gasteiger charge is 2.15. The number of halogens is 1. The van der Waals surface area contributed by atoms with E-state index in [1.807, 2.05) is 6.92 Å². The lowest BCUT2D eigenvalue weighted by Gasteiger charge is -2.07. The molecule has 122 valence electrons. The van der Waals surface area contributed by atoms with E-state index >= 15 is 0 Å².